The molecule has 168 valence electrons. The van der Waals surface area contributed by atoms with E-state index in [9.17, 15) is 8.78 Å². The number of halogens is 3. The van der Waals surface area contributed by atoms with Gasteiger partial charge in [0.1, 0.15) is 17.3 Å². The van der Waals surface area contributed by atoms with Gasteiger partial charge in [-0.2, -0.15) is 8.78 Å². The molecule has 0 saturated carbocycles. The number of aryl methyl sites for hydroxylation is 1. The Hall–Kier alpha value is -2.63. The molecule has 10 heteroatoms. The molecular formula is C21H26F2IN5O2. The quantitative estimate of drug-likeness (QED) is 0.254. The summed E-state index contributed by atoms with van der Waals surface area (Å²) in [5.74, 6) is 2.00. The van der Waals surface area contributed by atoms with Crippen molar-refractivity contribution in [2.75, 3.05) is 13.7 Å². The van der Waals surface area contributed by atoms with E-state index >= 15 is 0 Å². The van der Waals surface area contributed by atoms with Crippen molar-refractivity contribution in [2.45, 2.75) is 26.6 Å². The summed E-state index contributed by atoms with van der Waals surface area (Å²) < 4.78 is 37.2. The molecule has 0 amide bonds. The number of para-hydroxylation sites is 2. The van der Waals surface area contributed by atoms with E-state index < -0.39 is 6.61 Å². The number of guanidine groups is 1. The molecule has 2 N–H and O–H groups in total. The minimum absolute atomic E-state index is 0. The van der Waals surface area contributed by atoms with Crippen LogP contribution in [0.4, 0.5) is 8.78 Å². The fourth-order valence-corrected chi connectivity index (χ4v) is 3.04. The average Bonchev–Trinajstić information content (AvgIpc) is 3.06. The summed E-state index contributed by atoms with van der Waals surface area (Å²) in [6, 6.07) is 12.6. The zero-order valence-electron chi connectivity index (χ0n) is 17.6. The molecule has 0 atom stereocenters. The van der Waals surface area contributed by atoms with Crippen molar-refractivity contribution in [3.8, 4) is 11.5 Å². The van der Waals surface area contributed by atoms with E-state index in [1.54, 1.807) is 12.1 Å². The molecule has 3 aromatic rings. The van der Waals surface area contributed by atoms with Crippen LogP contribution in [-0.2, 0) is 20.1 Å². The van der Waals surface area contributed by atoms with E-state index in [2.05, 4.69) is 25.3 Å². The normalized spacial score (nSPS) is 11.4. The Morgan fingerprint density at radius 2 is 1.97 bits per heavy atom. The molecule has 7 nitrogen and oxygen atoms in total. The fourth-order valence-electron chi connectivity index (χ4n) is 3.04. The molecule has 0 radical (unpaired) electrons. The molecule has 1 heterocycles. The van der Waals surface area contributed by atoms with Crippen molar-refractivity contribution in [3.05, 3.63) is 53.9 Å². The summed E-state index contributed by atoms with van der Waals surface area (Å²) in [5, 5.41) is 6.38. The van der Waals surface area contributed by atoms with Crippen molar-refractivity contribution in [2.24, 2.45) is 12.0 Å². The van der Waals surface area contributed by atoms with E-state index in [1.165, 1.54) is 13.2 Å². The molecule has 2 aromatic carbocycles. The summed E-state index contributed by atoms with van der Waals surface area (Å²) >= 11 is 0. The number of hydrogen-bond donors (Lipinski definition) is 2. The maximum absolute atomic E-state index is 12.7. The van der Waals surface area contributed by atoms with Gasteiger partial charge in [-0.25, -0.2) is 9.98 Å². The fraction of sp³-hybridized carbons (Fsp3) is 0.333. The first-order chi connectivity index (χ1) is 14.5. The van der Waals surface area contributed by atoms with Gasteiger partial charge in [0.2, 0.25) is 0 Å². The van der Waals surface area contributed by atoms with Gasteiger partial charge < -0.3 is 24.7 Å². The number of methoxy groups -OCH3 is 1. The van der Waals surface area contributed by atoms with E-state index in [4.69, 9.17) is 4.74 Å². The van der Waals surface area contributed by atoms with Gasteiger partial charge >= 0.3 is 6.61 Å². The van der Waals surface area contributed by atoms with Crippen LogP contribution in [0.5, 0.6) is 11.5 Å². The van der Waals surface area contributed by atoms with Crippen LogP contribution in [0.25, 0.3) is 11.0 Å². The number of hydrogen-bond acceptors (Lipinski definition) is 4. The Labute approximate surface area is 196 Å². The number of nitrogens with one attached hydrogen (secondary N) is 2. The first-order valence-electron chi connectivity index (χ1n) is 9.56. The predicted molar refractivity (Wildman–Crippen MR) is 127 cm³/mol. The molecule has 0 bridgehead atoms. The van der Waals surface area contributed by atoms with Crippen molar-refractivity contribution in [3.63, 3.8) is 0 Å². The Kier molecular flexibility index (Phi) is 9.28. The van der Waals surface area contributed by atoms with Gasteiger partial charge in [0.25, 0.3) is 0 Å². The van der Waals surface area contributed by atoms with E-state index in [1.807, 2.05) is 42.8 Å². The minimum Gasteiger partial charge on any atom is -0.497 e. The van der Waals surface area contributed by atoms with Crippen LogP contribution in [0, 0.1) is 0 Å². The highest BCUT2D eigenvalue weighted by Crippen LogP contribution is 2.26. The zero-order valence-corrected chi connectivity index (χ0v) is 19.9. The number of ether oxygens (including phenoxy) is 2. The number of fused-ring (bicyclic) bond motifs is 1. The third-order valence-corrected chi connectivity index (χ3v) is 4.53. The first-order valence-corrected chi connectivity index (χ1v) is 9.56. The summed E-state index contributed by atoms with van der Waals surface area (Å²) in [6.07, 6.45) is 0. The van der Waals surface area contributed by atoms with E-state index in [0.29, 0.717) is 30.4 Å². The van der Waals surface area contributed by atoms with E-state index in [-0.39, 0.29) is 36.3 Å². The van der Waals surface area contributed by atoms with Crippen LogP contribution in [0.2, 0.25) is 0 Å². The Morgan fingerprint density at radius 3 is 2.65 bits per heavy atom. The molecule has 0 aliphatic carbocycles. The Morgan fingerprint density at radius 1 is 1.19 bits per heavy atom. The zero-order chi connectivity index (χ0) is 21.5. The highest BCUT2D eigenvalue weighted by Gasteiger charge is 2.12. The number of nitrogens with zero attached hydrogens (tertiary/aromatic N) is 3. The average molecular weight is 545 g/mol. The summed E-state index contributed by atoms with van der Waals surface area (Å²) in [6.45, 7) is 0.271. The van der Waals surface area contributed by atoms with Gasteiger partial charge in [0, 0.05) is 19.2 Å². The van der Waals surface area contributed by atoms with Crippen molar-refractivity contribution in [1.29, 1.82) is 0 Å². The van der Waals surface area contributed by atoms with Crippen LogP contribution in [0.15, 0.2) is 47.5 Å². The molecular weight excluding hydrogens is 519 g/mol. The van der Waals surface area contributed by atoms with Crippen LogP contribution in [0.1, 0.15) is 18.3 Å². The van der Waals surface area contributed by atoms with Gasteiger partial charge in [-0.1, -0.05) is 12.1 Å². The highest BCUT2D eigenvalue weighted by atomic mass is 127. The summed E-state index contributed by atoms with van der Waals surface area (Å²) in [7, 11) is 3.47. The predicted octanol–water partition coefficient (Wildman–Crippen LogP) is 4.06. The molecule has 0 fully saturated rings. The number of aromatic nitrogens is 2. The second kappa shape index (κ2) is 11.7. The van der Waals surface area contributed by atoms with Crippen LogP contribution < -0.4 is 20.1 Å². The smallest absolute Gasteiger partial charge is 0.387 e. The van der Waals surface area contributed by atoms with Gasteiger partial charge in [-0.15, -0.1) is 24.0 Å². The second-order valence-corrected chi connectivity index (χ2v) is 6.48. The van der Waals surface area contributed by atoms with Crippen molar-refractivity contribution < 1.29 is 18.3 Å². The second-order valence-electron chi connectivity index (χ2n) is 6.48. The van der Waals surface area contributed by atoms with Gasteiger partial charge in [-0.3, -0.25) is 0 Å². The molecule has 0 aliphatic heterocycles. The van der Waals surface area contributed by atoms with Crippen LogP contribution in [-0.4, -0.2) is 35.8 Å². The van der Waals surface area contributed by atoms with Gasteiger partial charge in [-0.05, 0) is 37.3 Å². The molecule has 0 unspecified atom stereocenters. The number of benzene rings is 2. The van der Waals surface area contributed by atoms with Gasteiger partial charge in [0.15, 0.2) is 5.96 Å². The van der Waals surface area contributed by atoms with Crippen molar-refractivity contribution >= 4 is 41.0 Å². The molecule has 0 spiro atoms. The topological polar surface area (TPSA) is 72.7 Å². The number of rotatable bonds is 8. The van der Waals surface area contributed by atoms with Crippen LogP contribution in [0.3, 0.4) is 0 Å². The van der Waals surface area contributed by atoms with Gasteiger partial charge in [0.05, 0.1) is 31.2 Å². The van der Waals surface area contributed by atoms with Crippen LogP contribution >= 0.6 is 24.0 Å². The third kappa shape index (κ3) is 6.42. The Balaban J connectivity index is 0.00000341. The number of aliphatic imine (C=N–C) groups is 1. The minimum atomic E-state index is -2.91. The van der Waals surface area contributed by atoms with E-state index in [0.717, 1.165) is 16.9 Å². The summed E-state index contributed by atoms with van der Waals surface area (Å²) in [5.41, 5.74) is 2.46. The monoisotopic (exact) mass is 545 g/mol. The number of imidazole rings is 1. The largest absolute Gasteiger partial charge is 0.497 e. The number of alkyl halides is 2. The molecule has 31 heavy (non-hydrogen) atoms. The molecule has 0 aliphatic rings. The lowest BCUT2D eigenvalue weighted by molar-refractivity contribution is -0.0504. The Bertz CT molecular complexity index is 1030. The lowest BCUT2D eigenvalue weighted by Gasteiger charge is -2.13. The molecule has 1 aromatic heterocycles. The maximum atomic E-state index is 12.7. The SMILES string of the molecule is CCNC(=NCc1cc(OC)ccc1OC(F)F)NCc1nc2ccccc2n1C.I. The highest BCUT2D eigenvalue weighted by molar-refractivity contribution is 14.0. The standard InChI is InChI=1S/C21H25F2N5O2.HI/c1-4-24-21(26-13-19-27-16-7-5-6-8-17(16)28(19)2)25-12-14-11-15(29-3)9-10-18(14)30-20(22)23;/h5-11,20H,4,12-13H2,1-3H3,(H2,24,25,26);1H. The molecule has 3 rings (SSSR count). The first kappa shape index (κ1) is 24.6. The third-order valence-electron chi connectivity index (χ3n) is 4.53. The molecule has 0 saturated heterocycles. The lowest BCUT2D eigenvalue weighted by atomic mass is 10.2. The summed E-state index contributed by atoms with van der Waals surface area (Å²) in [4.78, 5) is 9.13. The lowest BCUT2D eigenvalue weighted by Crippen LogP contribution is -2.37. The van der Waals surface area contributed by atoms with Crippen molar-refractivity contribution in [1.82, 2.24) is 20.2 Å². The maximum Gasteiger partial charge on any atom is 0.387 e.